The molecule has 2 amide bonds. The lowest BCUT2D eigenvalue weighted by Crippen LogP contribution is -2.48. The minimum absolute atomic E-state index is 0.0454. The van der Waals surface area contributed by atoms with E-state index in [4.69, 9.17) is 14.2 Å². The number of nitrogens with zero attached hydrogens (tertiary/aromatic N) is 3. The molecule has 5 rings (SSSR count). The average molecular weight is 624 g/mol. The second-order valence-electron chi connectivity index (χ2n) is 12.4. The molecule has 0 N–H and O–H groups in total. The summed E-state index contributed by atoms with van der Waals surface area (Å²) >= 11 is 0. The van der Waals surface area contributed by atoms with E-state index in [1.54, 1.807) is 39.0 Å². The van der Waals surface area contributed by atoms with Crippen molar-refractivity contribution < 1.29 is 23.8 Å². The fourth-order valence-corrected chi connectivity index (χ4v) is 5.76. The number of aromatic nitrogens is 1. The second-order valence-corrected chi connectivity index (χ2v) is 12.4. The van der Waals surface area contributed by atoms with Crippen LogP contribution < -0.4 is 15.1 Å². The summed E-state index contributed by atoms with van der Waals surface area (Å²) in [5.74, 6) is -0.683. The van der Waals surface area contributed by atoms with Gasteiger partial charge in [-0.3, -0.25) is 14.5 Å². The summed E-state index contributed by atoms with van der Waals surface area (Å²) in [5.41, 5.74) is 1.72. The molecule has 0 saturated carbocycles. The number of benzene rings is 3. The summed E-state index contributed by atoms with van der Waals surface area (Å²) in [6.45, 7) is 6.33. The van der Waals surface area contributed by atoms with Gasteiger partial charge in [-0.05, 0) is 37.5 Å². The Morgan fingerprint density at radius 2 is 1.48 bits per heavy atom. The van der Waals surface area contributed by atoms with Gasteiger partial charge < -0.3 is 23.7 Å². The molecule has 9 heteroatoms. The highest BCUT2D eigenvalue weighted by molar-refractivity contribution is 5.97. The van der Waals surface area contributed by atoms with Gasteiger partial charge in [0.05, 0.1) is 12.6 Å². The Hall–Kier alpha value is -4.89. The Morgan fingerprint density at radius 3 is 2.02 bits per heavy atom. The Kier molecular flexibility index (Phi) is 9.92. The summed E-state index contributed by atoms with van der Waals surface area (Å²) in [7, 11) is 3.09. The van der Waals surface area contributed by atoms with Crippen molar-refractivity contribution in [3.8, 4) is 5.75 Å². The largest absolute Gasteiger partial charge is 0.482 e. The Balaban J connectivity index is 1.75. The SMILES string of the molecule is COCCN1C[C@H](C(c2ccccc2)c2ccccc2)n2cc(N(C)C(=O)OC(C)(C)C)c(=O)c(OCc3ccccc3)c2C1=O. The minimum atomic E-state index is -0.783. The highest BCUT2D eigenvalue weighted by Crippen LogP contribution is 2.41. The first kappa shape index (κ1) is 32.5. The molecule has 0 spiro atoms. The lowest BCUT2D eigenvalue weighted by Gasteiger charge is -2.41. The third-order valence-electron chi connectivity index (χ3n) is 7.95. The number of methoxy groups -OCH3 is 1. The van der Waals surface area contributed by atoms with Crippen LogP contribution in [-0.4, -0.2) is 60.9 Å². The molecule has 1 aliphatic heterocycles. The summed E-state index contributed by atoms with van der Waals surface area (Å²) in [4.78, 5) is 44.7. The van der Waals surface area contributed by atoms with Crippen LogP contribution in [0.4, 0.5) is 10.5 Å². The zero-order valence-electron chi connectivity index (χ0n) is 27.0. The number of pyridine rings is 1. The smallest absolute Gasteiger partial charge is 0.414 e. The third kappa shape index (κ3) is 7.15. The molecular weight excluding hydrogens is 582 g/mol. The first-order chi connectivity index (χ1) is 22.1. The van der Waals surface area contributed by atoms with Gasteiger partial charge in [-0.1, -0.05) is 91.0 Å². The van der Waals surface area contributed by atoms with Crippen molar-refractivity contribution in [2.75, 3.05) is 38.8 Å². The Labute approximate surface area is 269 Å². The van der Waals surface area contributed by atoms with Gasteiger partial charge in [0.15, 0.2) is 11.4 Å². The highest BCUT2D eigenvalue weighted by atomic mass is 16.6. The van der Waals surface area contributed by atoms with Gasteiger partial charge in [0, 0.05) is 39.4 Å². The van der Waals surface area contributed by atoms with Crippen molar-refractivity contribution in [2.24, 2.45) is 0 Å². The molecule has 0 fully saturated rings. The van der Waals surface area contributed by atoms with Crippen molar-refractivity contribution in [1.82, 2.24) is 9.47 Å². The second kappa shape index (κ2) is 14.0. The van der Waals surface area contributed by atoms with Crippen molar-refractivity contribution in [3.05, 3.63) is 130 Å². The lowest BCUT2D eigenvalue weighted by molar-refractivity contribution is 0.0579. The third-order valence-corrected chi connectivity index (χ3v) is 7.95. The molecular formula is C37H41N3O6. The molecule has 0 radical (unpaired) electrons. The predicted octanol–water partition coefficient (Wildman–Crippen LogP) is 6.27. The monoisotopic (exact) mass is 623 g/mol. The fourth-order valence-electron chi connectivity index (χ4n) is 5.76. The standard InChI is InChI=1S/C37H41N3O6/c1-37(2,3)46-36(43)38(4)30-24-40-29(31(27-17-11-7-12-18-27)28-19-13-8-14-20-28)23-39(21-22-44-5)35(42)32(40)34(33(30)41)45-25-26-15-9-6-10-16-26/h6-20,24,29,31H,21-23,25H2,1-5H3/t29-/m1/s1. The van der Waals surface area contributed by atoms with E-state index in [9.17, 15) is 14.4 Å². The number of fused-ring (bicyclic) bond motifs is 1. The van der Waals surface area contributed by atoms with Crippen molar-refractivity contribution in [1.29, 1.82) is 0 Å². The molecule has 1 aromatic heterocycles. The molecule has 240 valence electrons. The zero-order chi connectivity index (χ0) is 32.8. The summed E-state index contributed by atoms with van der Waals surface area (Å²) in [6, 6.07) is 29.2. The minimum Gasteiger partial charge on any atom is -0.482 e. The van der Waals surface area contributed by atoms with Crippen molar-refractivity contribution in [3.63, 3.8) is 0 Å². The molecule has 3 aromatic carbocycles. The molecule has 0 aliphatic carbocycles. The van der Waals surface area contributed by atoms with Crippen LogP contribution in [0, 0.1) is 0 Å². The van der Waals surface area contributed by atoms with Crippen LogP contribution in [0.5, 0.6) is 5.75 Å². The van der Waals surface area contributed by atoms with Crippen LogP contribution in [-0.2, 0) is 16.1 Å². The van der Waals surface area contributed by atoms with E-state index in [1.807, 2.05) is 71.3 Å². The van der Waals surface area contributed by atoms with Crippen LogP contribution in [0.2, 0.25) is 0 Å². The normalized spacial score (nSPS) is 14.6. The molecule has 9 nitrogen and oxygen atoms in total. The first-order valence-corrected chi connectivity index (χ1v) is 15.4. The average Bonchev–Trinajstić information content (AvgIpc) is 3.05. The number of anilines is 1. The quantitative estimate of drug-likeness (QED) is 0.207. The van der Waals surface area contributed by atoms with Crippen LogP contribution in [0.3, 0.4) is 0 Å². The van der Waals surface area contributed by atoms with Crippen LogP contribution in [0.25, 0.3) is 0 Å². The van der Waals surface area contributed by atoms with Gasteiger partial charge in [-0.2, -0.15) is 0 Å². The number of carbonyl (C=O) groups is 2. The lowest BCUT2D eigenvalue weighted by atomic mass is 9.83. The summed E-state index contributed by atoms with van der Waals surface area (Å²) in [6.07, 6.45) is 0.911. The fraction of sp³-hybridized carbons (Fsp3) is 0.324. The van der Waals surface area contributed by atoms with Crippen molar-refractivity contribution >= 4 is 17.7 Å². The highest BCUT2D eigenvalue weighted by Gasteiger charge is 2.40. The molecule has 2 heterocycles. The molecule has 1 aliphatic rings. The van der Waals surface area contributed by atoms with Gasteiger partial charge in [-0.15, -0.1) is 0 Å². The predicted molar refractivity (Wildman–Crippen MR) is 178 cm³/mol. The van der Waals surface area contributed by atoms with Crippen LogP contribution in [0.15, 0.2) is 102 Å². The van der Waals surface area contributed by atoms with E-state index in [0.717, 1.165) is 16.7 Å². The van der Waals surface area contributed by atoms with Gasteiger partial charge in [0.2, 0.25) is 5.43 Å². The van der Waals surface area contributed by atoms with Gasteiger partial charge >= 0.3 is 6.09 Å². The molecule has 0 bridgehead atoms. The molecule has 46 heavy (non-hydrogen) atoms. The van der Waals surface area contributed by atoms with E-state index in [2.05, 4.69) is 24.3 Å². The van der Waals surface area contributed by atoms with Crippen molar-refractivity contribution in [2.45, 2.75) is 44.9 Å². The van der Waals surface area contributed by atoms with E-state index < -0.39 is 17.1 Å². The number of amides is 2. The summed E-state index contributed by atoms with van der Waals surface area (Å²) < 4.78 is 19.1. The maximum absolute atomic E-state index is 14.3. The zero-order valence-corrected chi connectivity index (χ0v) is 27.0. The topological polar surface area (TPSA) is 90.3 Å². The molecule has 0 saturated heterocycles. The number of ether oxygens (including phenoxy) is 3. The Morgan fingerprint density at radius 1 is 0.913 bits per heavy atom. The van der Waals surface area contributed by atoms with Gasteiger partial charge in [0.25, 0.3) is 5.91 Å². The molecule has 0 unspecified atom stereocenters. The number of hydrogen-bond acceptors (Lipinski definition) is 6. The van der Waals surface area contributed by atoms with Gasteiger partial charge in [0.1, 0.15) is 17.9 Å². The maximum atomic E-state index is 14.3. The number of rotatable bonds is 10. The first-order valence-electron chi connectivity index (χ1n) is 15.4. The molecule has 4 aromatic rings. The van der Waals surface area contributed by atoms with E-state index in [1.165, 1.54) is 11.9 Å². The van der Waals surface area contributed by atoms with E-state index in [-0.39, 0.29) is 41.6 Å². The van der Waals surface area contributed by atoms with E-state index >= 15 is 0 Å². The maximum Gasteiger partial charge on any atom is 0.414 e. The van der Waals surface area contributed by atoms with Gasteiger partial charge in [-0.25, -0.2) is 4.79 Å². The van der Waals surface area contributed by atoms with Crippen LogP contribution >= 0.6 is 0 Å². The van der Waals surface area contributed by atoms with Crippen LogP contribution in [0.1, 0.15) is 59.9 Å². The summed E-state index contributed by atoms with van der Waals surface area (Å²) in [5, 5.41) is 0. The number of hydrogen-bond donors (Lipinski definition) is 0. The van der Waals surface area contributed by atoms with E-state index in [0.29, 0.717) is 19.7 Å². The molecule has 1 atom stereocenters. The Bertz CT molecular complexity index is 1660. The number of carbonyl (C=O) groups excluding carboxylic acids is 2.